The Hall–Kier alpha value is -4.72. The number of fused-ring (bicyclic) bond motifs is 1. The summed E-state index contributed by atoms with van der Waals surface area (Å²) in [6, 6.07) is 31.5. The lowest BCUT2D eigenvalue weighted by molar-refractivity contribution is 0.0955. The van der Waals surface area contributed by atoms with E-state index >= 15 is 0 Å². The van der Waals surface area contributed by atoms with Crippen molar-refractivity contribution in [1.29, 1.82) is 0 Å². The molecule has 0 saturated carbocycles. The Morgan fingerprint density at radius 3 is 2.51 bits per heavy atom. The second kappa shape index (κ2) is 11.4. The molecule has 0 radical (unpaired) electrons. The van der Waals surface area contributed by atoms with Gasteiger partial charge in [-0.2, -0.15) is 5.10 Å². The summed E-state index contributed by atoms with van der Waals surface area (Å²) in [6.45, 7) is 4.14. The SMILES string of the molecule is Cc1cc(/C=N\NC(=O)c2ccc(-c3csc(Nc4ccc(Cl)cc4)n3)cc2)c(C)n1-c1cccc2ccccc12. The Kier molecular flexibility index (Phi) is 7.37. The molecule has 6 nitrogen and oxygen atoms in total. The lowest BCUT2D eigenvalue weighted by Gasteiger charge is -2.12. The summed E-state index contributed by atoms with van der Waals surface area (Å²) in [5, 5.41) is 13.3. The van der Waals surface area contributed by atoms with Crippen molar-refractivity contribution in [2.45, 2.75) is 13.8 Å². The van der Waals surface area contributed by atoms with Gasteiger partial charge in [-0.15, -0.1) is 11.3 Å². The molecular formula is C33H26ClN5OS. The summed E-state index contributed by atoms with van der Waals surface area (Å²) in [5.41, 5.74) is 10.0. The molecule has 0 atom stereocenters. The van der Waals surface area contributed by atoms with Crippen LogP contribution in [0.1, 0.15) is 27.3 Å². The monoisotopic (exact) mass is 575 g/mol. The predicted molar refractivity (Wildman–Crippen MR) is 170 cm³/mol. The number of thiazole rings is 1. The van der Waals surface area contributed by atoms with E-state index in [2.05, 4.69) is 81.7 Å². The lowest BCUT2D eigenvalue weighted by atomic mass is 10.1. The van der Waals surface area contributed by atoms with E-state index in [1.165, 1.54) is 22.1 Å². The molecule has 0 fully saturated rings. The Morgan fingerprint density at radius 2 is 1.71 bits per heavy atom. The van der Waals surface area contributed by atoms with Crippen molar-refractivity contribution in [2.24, 2.45) is 5.10 Å². The summed E-state index contributed by atoms with van der Waals surface area (Å²) in [4.78, 5) is 17.4. The standard InChI is InChI=1S/C33H26ClN5OS/c1-21-18-26(22(2)39(21)31-9-5-7-23-6-3-4-8-29(23)31)19-35-38-32(40)25-12-10-24(11-13-25)30-20-41-33(37-30)36-28-16-14-27(34)15-17-28/h3-20H,1-2H3,(H,36,37)(H,38,40)/b35-19-. The number of carbonyl (C=O) groups excluding carboxylic acids is 1. The number of aryl methyl sites for hydroxylation is 1. The predicted octanol–water partition coefficient (Wildman–Crippen LogP) is 8.53. The average Bonchev–Trinajstić information content (AvgIpc) is 3.57. The third kappa shape index (κ3) is 5.63. The minimum Gasteiger partial charge on any atom is -0.332 e. The topological polar surface area (TPSA) is 71.3 Å². The number of carbonyl (C=O) groups is 1. The number of hydrazone groups is 1. The molecule has 0 aliphatic rings. The highest BCUT2D eigenvalue weighted by Crippen LogP contribution is 2.29. The van der Waals surface area contributed by atoms with E-state index in [0.29, 0.717) is 10.6 Å². The quantitative estimate of drug-likeness (QED) is 0.148. The Labute approximate surface area is 247 Å². The number of nitrogens with zero attached hydrogens (tertiary/aromatic N) is 3. The number of halogens is 1. The van der Waals surface area contributed by atoms with E-state index in [1.54, 1.807) is 18.3 Å². The molecule has 1 amide bonds. The fourth-order valence-electron chi connectivity index (χ4n) is 4.83. The van der Waals surface area contributed by atoms with Crippen LogP contribution in [0.2, 0.25) is 5.02 Å². The molecule has 4 aromatic carbocycles. The van der Waals surface area contributed by atoms with E-state index in [0.717, 1.165) is 44.7 Å². The number of aromatic nitrogens is 2. The van der Waals surface area contributed by atoms with Crippen molar-refractivity contribution >= 4 is 56.7 Å². The molecule has 2 heterocycles. The molecule has 202 valence electrons. The molecular weight excluding hydrogens is 550 g/mol. The Bertz CT molecular complexity index is 1880. The van der Waals surface area contributed by atoms with Crippen LogP contribution in [0, 0.1) is 13.8 Å². The largest absolute Gasteiger partial charge is 0.332 e. The fourth-order valence-corrected chi connectivity index (χ4v) is 5.70. The van der Waals surface area contributed by atoms with Gasteiger partial charge in [0.15, 0.2) is 5.13 Å². The van der Waals surface area contributed by atoms with Crippen LogP contribution >= 0.6 is 22.9 Å². The van der Waals surface area contributed by atoms with Gasteiger partial charge in [-0.25, -0.2) is 10.4 Å². The molecule has 0 bridgehead atoms. The first-order chi connectivity index (χ1) is 20.0. The van der Waals surface area contributed by atoms with Crippen molar-refractivity contribution in [1.82, 2.24) is 15.0 Å². The van der Waals surface area contributed by atoms with Crippen molar-refractivity contribution in [3.63, 3.8) is 0 Å². The summed E-state index contributed by atoms with van der Waals surface area (Å²) < 4.78 is 2.22. The van der Waals surface area contributed by atoms with Crippen LogP contribution in [0.5, 0.6) is 0 Å². The molecule has 0 saturated heterocycles. The number of anilines is 2. The summed E-state index contributed by atoms with van der Waals surface area (Å²) >= 11 is 7.47. The van der Waals surface area contributed by atoms with Crippen LogP contribution in [-0.2, 0) is 0 Å². The van der Waals surface area contributed by atoms with Gasteiger partial charge in [-0.3, -0.25) is 4.79 Å². The van der Waals surface area contributed by atoms with Crippen LogP contribution in [0.25, 0.3) is 27.7 Å². The first-order valence-electron chi connectivity index (χ1n) is 13.1. The van der Waals surface area contributed by atoms with Crippen molar-refractivity contribution in [2.75, 3.05) is 5.32 Å². The zero-order valence-corrected chi connectivity index (χ0v) is 24.0. The van der Waals surface area contributed by atoms with Crippen molar-refractivity contribution < 1.29 is 4.79 Å². The first kappa shape index (κ1) is 26.5. The van der Waals surface area contributed by atoms with Gasteiger partial charge < -0.3 is 9.88 Å². The minimum atomic E-state index is -0.279. The van der Waals surface area contributed by atoms with Gasteiger partial charge in [0, 0.05) is 49.6 Å². The van der Waals surface area contributed by atoms with Crippen LogP contribution in [0.15, 0.2) is 108 Å². The second-order valence-electron chi connectivity index (χ2n) is 9.61. The van der Waals surface area contributed by atoms with E-state index < -0.39 is 0 Å². The summed E-state index contributed by atoms with van der Waals surface area (Å²) in [6.07, 6.45) is 1.70. The number of benzene rings is 4. The van der Waals surface area contributed by atoms with Crippen LogP contribution < -0.4 is 10.7 Å². The third-order valence-corrected chi connectivity index (χ3v) is 7.90. The molecule has 6 aromatic rings. The van der Waals surface area contributed by atoms with Crippen LogP contribution in [0.3, 0.4) is 0 Å². The molecule has 41 heavy (non-hydrogen) atoms. The highest BCUT2D eigenvalue weighted by atomic mass is 35.5. The maximum absolute atomic E-state index is 12.8. The molecule has 0 spiro atoms. The van der Waals surface area contributed by atoms with Gasteiger partial charge in [0.2, 0.25) is 0 Å². The van der Waals surface area contributed by atoms with E-state index in [9.17, 15) is 4.79 Å². The molecule has 6 rings (SSSR count). The normalized spacial score (nSPS) is 11.3. The Balaban J connectivity index is 1.12. The van der Waals surface area contributed by atoms with Crippen molar-refractivity contribution in [3.05, 3.63) is 130 Å². The van der Waals surface area contributed by atoms with Crippen LogP contribution in [0.4, 0.5) is 10.8 Å². The molecule has 2 aromatic heterocycles. The van der Waals surface area contributed by atoms with Gasteiger partial charge in [0.25, 0.3) is 5.91 Å². The van der Waals surface area contributed by atoms with Gasteiger partial charge in [-0.05, 0) is 67.8 Å². The molecule has 0 unspecified atom stereocenters. The van der Waals surface area contributed by atoms with E-state index in [4.69, 9.17) is 11.6 Å². The van der Waals surface area contributed by atoms with Crippen molar-refractivity contribution in [3.8, 4) is 16.9 Å². The zero-order chi connectivity index (χ0) is 28.3. The Morgan fingerprint density at radius 1 is 0.951 bits per heavy atom. The molecule has 8 heteroatoms. The fraction of sp³-hybridized carbons (Fsp3) is 0.0606. The maximum Gasteiger partial charge on any atom is 0.271 e. The third-order valence-electron chi connectivity index (χ3n) is 6.89. The second-order valence-corrected chi connectivity index (χ2v) is 10.9. The zero-order valence-electron chi connectivity index (χ0n) is 22.4. The smallest absolute Gasteiger partial charge is 0.271 e. The van der Waals surface area contributed by atoms with Crippen LogP contribution in [-0.4, -0.2) is 21.7 Å². The highest BCUT2D eigenvalue weighted by Gasteiger charge is 2.12. The number of nitrogens with one attached hydrogen (secondary N) is 2. The summed E-state index contributed by atoms with van der Waals surface area (Å²) in [5.74, 6) is -0.279. The minimum absolute atomic E-state index is 0.279. The molecule has 0 aliphatic heterocycles. The summed E-state index contributed by atoms with van der Waals surface area (Å²) in [7, 11) is 0. The average molecular weight is 576 g/mol. The maximum atomic E-state index is 12.8. The number of rotatable bonds is 7. The van der Waals surface area contributed by atoms with E-state index in [-0.39, 0.29) is 5.91 Å². The van der Waals surface area contributed by atoms with E-state index in [1.807, 2.05) is 47.8 Å². The van der Waals surface area contributed by atoms with Gasteiger partial charge in [-0.1, -0.05) is 60.1 Å². The first-order valence-corrected chi connectivity index (χ1v) is 14.3. The van der Waals surface area contributed by atoms with Gasteiger partial charge in [0.1, 0.15) is 0 Å². The van der Waals surface area contributed by atoms with Gasteiger partial charge >= 0.3 is 0 Å². The number of hydrogen-bond donors (Lipinski definition) is 2. The van der Waals surface area contributed by atoms with Gasteiger partial charge in [0.05, 0.1) is 17.6 Å². The highest BCUT2D eigenvalue weighted by molar-refractivity contribution is 7.14. The number of hydrogen-bond acceptors (Lipinski definition) is 5. The lowest BCUT2D eigenvalue weighted by Crippen LogP contribution is -2.17. The molecule has 0 aliphatic carbocycles. The number of amides is 1. The molecule has 2 N–H and O–H groups in total.